The zero-order valence-electron chi connectivity index (χ0n) is 15.9. The monoisotopic (exact) mass is 423 g/mol. The van der Waals surface area contributed by atoms with Crippen molar-refractivity contribution < 1.29 is 13.2 Å². The number of hydrazine groups is 1. The van der Waals surface area contributed by atoms with Crippen LogP contribution in [0.5, 0.6) is 0 Å². The van der Waals surface area contributed by atoms with Crippen LogP contribution in [-0.4, -0.2) is 32.0 Å². The molecule has 1 fully saturated rings. The molecular weight excluding hydrogens is 398 g/mol. The first-order valence-electron chi connectivity index (χ1n) is 9.08. The Bertz CT molecular complexity index is 866. The minimum Gasteiger partial charge on any atom is -0.358 e. The third-order valence-electron chi connectivity index (χ3n) is 5.06. The van der Waals surface area contributed by atoms with Crippen LogP contribution in [0.15, 0.2) is 29.2 Å². The lowest BCUT2D eigenvalue weighted by atomic mass is 9.78. The average molecular weight is 424 g/mol. The Morgan fingerprint density at radius 1 is 1.25 bits per heavy atom. The summed E-state index contributed by atoms with van der Waals surface area (Å²) < 4.78 is 26.7. The maximum atomic E-state index is 12.3. The molecule has 1 aliphatic carbocycles. The lowest BCUT2D eigenvalue weighted by Gasteiger charge is -2.35. The number of nitrogens with one attached hydrogen (secondary N) is 4. The van der Waals surface area contributed by atoms with Gasteiger partial charge in [-0.2, -0.15) is 5.26 Å². The number of thiocarbonyl (C=S) groups is 1. The summed E-state index contributed by atoms with van der Waals surface area (Å²) in [5.41, 5.74) is 4.97. The van der Waals surface area contributed by atoms with Crippen LogP contribution in [0.1, 0.15) is 38.7 Å². The molecule has 0 spiro atoms. The minimum atomic E-state index is -3.98. The zero-order valence-corrected chi connectivity index (χ0v) is 17.5. The molecule has 0 radical (unpaired) electrons. The van der Waals surface area contributed by atoms with Gasteiger partial charge in [0.05, 0.1) is 17.0 Å². The Balaban J connectivity index is 1.81. The molecule has 1 aliphatic rings. The standard InChI is InChI=1S/C18H25N5O3S2/c1-12-6-5-8-15(13(12)2)21-18(27)23-22-17(24)11-20-28(25,26)16-9-4-3-7-14(16)10-19/h3-4,7,9,12-13,15,20H,5-6,8,11H2,1-2H3,(H,22,24)(H2,21,23,27)/t12-,13+,15-/m0/s1. The van der Waals surface area contributed by atoms with Gasteiger partial charge in [0.15, 0.2) is 5.11 Å². The van der Waals surface area contributed by atoms with Crippen LogP contribution >= 0.6 is 12.2 Å². The largest absolute Gasteiger partial charge is 0.358 e. The van der Waals surface area contributed by atoms with Crippen molar-refractivity contribution in [2.24, 2.45) is 11.8 Å². The van der Waals surface area contributed by atoms with Crippen LogP contribution < -0.4 is 20.9 Å². The summed E-state index contributed by atoms with van der Waals surface area (Å²) in [6.07, 6.45) is 3.34. The first-order chi connectivity index (χ1) is 13.2. The second-order valence-electron chi connectivity index (χ2n) is 6.95. The number of nitriles is 1. The molecule has 0 aromatic heterocycles. The van der Waals surface area contributed by atoms with Crippen LogP contribution in [0.2, 0.25) is 0 Å². The number of carbonyl (C=O) groups is 1. The van der Waals surface area contributed by atoms with Gasteiger partial charge in [0, 0.05) is 6.04 Å². The van der Waals surface area contributed by atoms with Crippen LogP contribution in [0.25, 0.3) is 0 Å². The van der Waals surface area contributed by atoms with E-state index in [1.165, 1.54) is 24.6 Å². The first-order valence-corrected chi connectivity index (χ1v) is 11.0. The van der Waals surface area contributed by atoms with Crippen LogP contribution in [-0.2, 0) is 14.8 Å². The molecule has 2 rings (SSSR count). The van der Waals surface area contributed by atoms with Crippen molar-refractivity contribution in [3.8, 4) is 6.07 Å². The van der Waals surface area contributed by atoms with E-state index in [1.807, 2.05) is 6.07 Å². The fourth-order valence-corrected chi connectivity index (χ4v) is 4.53. The van der Waals surface area contributed by atoms with Crippen molar-refractivity contribution in [2.45, 2.75) is 44.0 Å². The van der Waals surface area contributed by atoms with Gasteiger partial charge < -0.3 is 5.32 Å². The Hall–Kier alpha value is -2.22. The van der Waals surface area contributed by atoms with E-state index >= 15 is 0 Å². The summed E-state index contributed by atoms with van der Waals surface area (Å²) in [6.45, 7) is 3.90. The van der Waals surface area contributed by atoms with Gasteiger partial charge in [0.25, 0.3) is 5.91 Å². The van der Waals surface area contributed by atoms with Crippen LogP contribution in [0.4, 0.5) is 0 Å². The number of sulfonamides is 1. The number of rotatable bonds is 5. The summed E-state index contributed by atoms with van der Waals surface area (Å²) in [5, 5.41) is 12.5. The van der Waals surface area contributed by atoms with E-state index in [0.29, 0.717) is 11.8 Å². The molecule has 0 aliphatic heterocycles. The molecule has 3 atom stereocenters. The third-order valence-corrected chi connectivity index (χ3v) is 6.74. The highest BCUT2D eigenvalue weighted by Crippen LogP contribution is 2.29. The molecule has 8 nitrogen and oxygen atoms in total. The molecule has 1 aromatic rings. The van der Waals surface area contributed by atoms with Crippen molar-refractivity contribution >= 4 is 33.3 Å². The molecule has 0 bridgehead atoms. The van der Waals surface area contributed by atoms with E-state index in [4.69, 9.17) is 17.5 Å². The molecule has 1 saturated carbocycles. The number of carbonyl (C=O) groups excluding carboxylic acids is 1. The average Bonchev–Trinajstić information content (AvgIpc) is 2.68. The summed E-state index contributed by atoms with van der Waals surface area (Å²) >= 11 is 5.20. The van der Waals surface area contributed by atoms with Crippen molar-refractivity contribution in [2.75, 3.05) is 6.54 Å². The van der Waals surface area contributed by atoms with Gasteiger partial charge in [-0.1, -0.05) is 38.8 Å². The van der Waals surface area contributed by atoms with E-state index in [9.17, 15) is 13.2 Å². The number of nitrogens with zero attached hydrogens (tertiary/aromatic N) is 1. The number of hydrogen-bond acceptors (Lipinski definition) is 5. The minimum absolute atomic E-state index is 0.00902. The van der Waals surface area contributed by atoms with Gasteiger partial charge in [-0.05, 0) is 42.6 Å². The lowest BCUT2D eigenvalue weighted by molar-refractivity contribution is -0.120. The summed E-state index contributed by atoms with van der Waals surface area (Å²) in [5.74, 6) is 0.470. The smallest absolute Gasteiger partial charge is 0.253 e. The number of benzene rings is 1. The molecule has 0 unspecified atom stereocenters. The van der Waals surface area contributed by atoms with Crippen molar-refractivity contribution in [3.63, 3.8) is 0 Å². The topological polar surface area (TPSA) is 123 Å². The Morgan fingerprint density at radius 2 is 1.96 bits per heavy atom. The van der Waals surface area contributed by atoms with Gasteiger partial charge >= 0.3 is 0 Å². The van der Waals surface area contributed by atoms with E-state index in [1.54, 1.807) is 6.07 Å². The molecule has 0 saturated heterocycles. The maximum Gasteiger partial charge on any atom is 0.253 e. The van der Waals surface area contributed by atoms with Crippen LogP contribution in [0, 0.1) is 23.2 Å². The Labute approximate surface area is 171 Å². The normalized spacial score (nSPS) is 22.0. The Morgan fingerprint density at radius 3 is 2.68 bits per heavy atom. The molecule has 28 heavy (non-hydrogen) atoms. The SMILES string of the molecule is C[C@H]1[C@@H](NC(=S)NNC(=O)CNS(=O)(=O)c2ccccc2C#N)CCC[C@@H]1C. The fraction of sp³-hybridized carbons (Fsp3) is 0.500. The predicted molar refractivity (Wildman–Crippen MR) is 109 cm³/mol. The lowest BCUT2D eigenvalue weighted by Crippen LogP contribution is -2.53. The second-order valence-corrected chi connectivity index (χ2v) is 9.10. The predicted octanol–water partition coefficient (Wildman–Crippen LogP) is 1.16. The molecule has 1 amide bonds. The summed E-state index contributed by atoms with van der Waals surface area (Å²) in [7, 11) is -3.98. The molecule has 1 aromatic carbocycles. The molecular formula is C18H25N5O3S2. The number of hydrogen-bond donors (Lipinski definition) is 4. The van der Waals surface area contributed by atoms with E-state index in [0.717, 1.165) is 12.8 Å². The van der Waals surface area contributed by atoms with Gasteiger partial charge in [-0.25, -0.2) is 13.1 Å². The van der Waals surface area contributed by atoms with E-state index in [-0.39, 0.29) is 21.6 Å². The fourth-order valence-electron chi connectivity index (χ4n) is 3.19. The van der Waals surface area contributed by atoms with Gasteiger partial charge in [0.1, 0.15) is 6.07 Å². The first kappa shape index (κ1) is 22.1. The second kappa shape index (κ2) is 9.82. The van der Waals surface area contributed by atoms with Crippen molar-refractivity contribution in [3.05, 3.63) is 29.8 Å². The summed E-state index contributed by atoms with van der Waals surface area (Å²) in [4.78, 5) is 11.8. The van der Waals surface area contributed by atoms with Gasteiger partial charge in [-0.3, -0.25) is 15.6 Å². The highest BCUT2D eigenvalue weighted by atomic mass is 32.2. The molecule has 0 heterocycles. The quantitative estimate of drug-likeness (QED) is 0.414. The molecule has 152 valence electrons. The van der Waals surface area contributed by atoms with Gasteiger partial charge in [0.2, 0.25) is 10.0 Å². The molecule has 4 N–H and O–H groups in total. The van der Waals surface area contributed by atoms with Gasteiger partial charge in [-0.15, -0.1) is 0 Å². The number of amides is 1. The van der Waals surface area contributed by atoms with Crippen LogP contribution in [0.3, 0.4) is 0 Å². The Kier molecular flexibility index (Phi) is 7.74. The molecule has 10 heteroatoms. The maximum absolute atomic E-state index is 12.3. The van der Waals surface area contributed by atoms with Crippen molar-refractivity contribution in [1.82, 2.24) is 20.9 Å². The van der Waals surface area contributed by atoms with Crippen molar-refractivity contribution in [1.29, 1.82) is 5.26 Å². The highest BCUT2D eigenvalue weighted by molar-refractivity contribution is 7.89. The van der Waals surface area contributed by atoms with E-state index < -0.39 is 22.5 Å². The highest BCUT2D eigenvalue weighted by Gasteiger charge is 2.27. The zero-order chi connectivity index (χ0) is 20.7. The van der Waals surface area contributed by atoms with E-state index in [2.05, 4.69) is 34.7 Å². The summed E-state index contributed by atoms with van der Waals surface area (Å²) in [6, 6.07) is 7.83. The third kappa shape index (κ3) is 5.89.